The average molecular weight is 517 g/mol. The Morgan fingerprint density at radius 2 is 1.22 bits per heavy atom. The van der Waals surface area contributed by atoms with Crippen LogP contribution in [0.25, 0.3) is 0 Å². The van der Waals surface area contributed by atoms with Crippen molar-refractivity contribution < 1.29 is 19.4 Å². The molecule has 1 N–H and O–H groups in total. The second-order valence-electron chi connectivity index (χ2n) is 9.43. The standard InChI is InChI=1S/C33H56O4/c1-3-5-7-9-11-13-15-16-17-19-21-23-25-27-29-36-31-32(30-34)37-33(35)28-26-24-22-20-18-14-12-10-8-6-4-2/h5,7,10-13,16-17,21,23,32,34H,3-4,6,8-9,14-15,18-20,22,24-31H2,1-2H3/b7-5-,12-10-,13-11-,17-16-,23-21-. The van der Waals surface area contributed by atoms with Gasteiger partial charge in [0.1, 0.15) is 6.10 Å². The van der Waals surface area contributed by atoms with Gasteiger partial charge in [0.2, 0.25) is 0 Å². The molecule has 0 rings (SSSR count). The minimum Gasteiger partial charge on any atom is -0.457 e. The lowest BCUT2D eigenvalue weighted by Gasteiger charge is -2.15. The highest BCUT2D eigenvalue weighted by Crippen LogP contribution is 2.09. The topological polar surface area (TPSA) is 55.8 Å². The number of unbranched alkanes of at least 4 members (excludes halogenated alkanes) is 8. The number of allylic oxidation sites excluding steroid dienone is 10. The molecule has 1 unspecified atom stereocenters. The number of hydrogen-bond acceptors (Lipinski definition) is 4. The van der Waals surface area contributed by atoms with Crippen LogP contribution in [0.3, 0.4) is 0 Å². The molecule has 0 spiro atoms. The van der Waals surface area contributed by atoms with E-state index >= 15 is 0 Å². The van der Waals surface area contributed by atoms with Gasteiger partial charge in [0.25, 0.3) is 0 Å². The summed E-state index contributed by atoms with van der Waals surface area (Å²) >= 11 is 0. The quantitative estimate of drug-likeness (QED) is 0.0708. The van der Waals surface area contributed by atoms with Crippen molar-refractivity contribution in [2.75, 3.05) is 19.8 Å². The van der Waals surface area contributed by atoms with E-state index < -0.39 is 6.10 Å². The van der Waals surface area contributed by atoms with Gasteiger partial charge in [-0.15, -0.1) is 0 Å². The molecule has 0 bridgehead atoms. The Bertz CT molecular complexity index is 630. The summed E-state index contributed by atoms with van der Waals surface area (Å²) in [5.41, 5.74) is 0. The lowest BCUT2D eigenvalue weighted by atomic mass is 10.1. The number of esters is 1. The Morgan fingerprint density at radius 3 is 1.86 bits per heavy atom. The summed E-state index contributed by atoms with van der Waals surface area (Å²) in [4.78, 5) is 12.0. The Morgan fingerprint density at radius 1 is 0.676 bits per heavy atom. The fourth-order valence-corrected chi connectivity index (χ4v) is 3.60. The van der Waals surface area contributed by atoms with Gasteiger partial charge in [0, 0.05) is 13.0 Å². The van der Waals surface area contributed by atoms with Crippen LogP contribution in [0.15, 0.2) is 60.8 Å². The Kier molecular flexibility index (Phi) is 28.7. The summed E-state index contributed by atoms with van der Waals surface area (Å²) in [5, 5.41) is 9.47. The van der Waals surface area contributed by atoms with Gasteiger partial charge in [-0.2, -0.15) is 0 Å². The third-order valence-electron chi connectivity index (χ3n) is 5.83. The summed E-state index contributed by atoms with van der Waals surface area (Å²) in [7, 11) is 0. The molecule has 4 heteroatoms. The average Bonchev–Trinajstić information content (AvgIpc) is 2.90. The van der Waals surface area contributed by atoms with Crippen molar-refractivity contribution in [1.29, 1.82) is 0 Å². The first-order chi connectivity index (χ1) is 18.2. The molecule has 0 amide bonds. The molecule has 0 aliphatic carbocycles. The molecular weight excluding hydrogens is 460 g/mol. The van der Waals surface area contributed by atoms with Gasteiger partial charge in [0.15, 0.2) is 0 Å². The van der Waals surface area contributed by atoms with Gasteiger partial charge in [-0.25, -0.2) is 0 Å². The lowest BCUT2D eigenvalue weighted by Crippen LogP contribution is -2.27. The van der Waals surface area contributed by atoms with E-state index in [4.69, 9.17) is 9.47 Å². The second kappa shape index (κ2) is 30.3. The minimum atomic E-state index is -0.565. The Balaban J connectivity index is 3.62. The van der Waals surface area contributed by atoms with E-state index in [1.807, 2.05) is 0 Å². The molecule has 0 saturated heterocycles. The maximum Gasteiger partial charge on any atom is 0.306 e. The van der Waals surface area contributed by atoms with E-state index in [1.54, 1.807) is 0 Å². The number of rotatable bonds is 26. The van der Waals surface area contributed by atoms with Gasteiger partial charge in [0.05, 0.1) is 13.2 Å². The van der Waals surface area contributed by atoms with Crippen molar-refractivity contribution in [3.8, 4) is 0 Å². The number of ether oxygens (including phenoxy) is 2. The summed E-state index contributed by atoms with van der Waals surface area (Å²) < 4.78 is 11.0. The molecular formula is C33H56O4. The number of hydrogen-bond donors (Lipinski definition) is 1. The highest BCUT2D eigenvalue weighted by atomic mass is 16.6. The number of aliphatic hydroxyl groups excluding tert-OH is 1. The molecule has 0 saturated carbocycles. The van der Waals surface area contributed by atoms with Crippen LogP contribution >= 0.6 is 0 Å². The van der Waals surface area contributed by atoms with E-state index in [-0.39, 0.29) is 19.2 Å². The third kappa shape index (κ3) is 28.5. The molecule has 0 aromatic heterocycles. The highest BCUT2D eigenvalue weighted by Gasteiger charge is 2.13. The first kappa shape index (κ1) is 35.1. The van der Waals surface area contributed by atoms with Crippen LogP contribution in [0.5, 0.6) is 0 Å². The second-order valence-corrected chi connectivity index (χ2v) is 9.43. The van der Waals surface area contributed by atoms with Crippen LogP contribution in [0, 0.1) is 0 Å². The number of carbonyl (C=O) groups is 1. The van der Waals surface area contributed by atoms with E-state index in [1.165, 1.54) is 32.1 Å². The zero-order chi connectivity index (χ0) is 27.1. The van der Waals surface area contributed by atoms with Crippen LogP contribution in [-0.4, -0.2) is 37.0 Å². The Hall–Kier alpha value is -1.91. The highest BCUT2D eigenvalue weighted by molar-refractivity contribution is 5.69. The van der Waals surface area contributed by atoms with E-state index in [2.05, 4.69) is 74.6 Å². The molecule has 0 heterocycles. The molecule has 0 aromatic rings. The van der Waals surface area contributed by atoms with Gasteiger partial charge in [-0.1, -0.05) is 107 Å². The van der Waals surface area contributed by atoms with Crippen LogP contribution in [-0.2, 0) is 14.3 Å². The summed E-state index contributed by atoms with van der Waals surface area (Å²) in [6, 6.07) is 0. The molecule has 4 nitrogen and oxygen atoms in total. The molecule has 1 atom stereocenters. The van der Waals surface area contributed by atoms with Crippen LogP contribution < -0.4 is 0 Å². The molecule has 212 valence electrons. The summed E-state index contributed by atoms with van der Waals surface area (Å²) in [6.07, 6.45) is 38.3. The van der Waals surface area contributed by atoms with Gasteiger partial charge < -0.3 is 14.6 Å². The fourth-order valence-electron chi connectivity index (χ4n) is 3.60. The fraction of sp³-hybridized carbons (Fsp3) is 0.667. The van der Waals surface area contributed by atoms with Crippen molar-refractivity contribution in [2.24, 2.45) is 0 Å². The molecule has 0 fully saturated rings. The van der Waals surface area contributed by atoms with E-state index in [0.717, 1.165) is 64.2 Å². The van der Waals surface area contributed by atoms with Crippen molar-refractivity contribution in [1.82, 2.24) is 0 Å². The zero-order valence-corrected chi connectivity index (χ0v) is 24.0. The predicted octanol–water partition coefficient (Wildman–Crippen LogP) is 8.97. The third-order valence-corrected chi connectivity index (χ3v) is 5.83. The van der Waals surface area contributed by atoms with Gasteiger partial charge in [-0.05, 0) is 64.2 Å². The molecule has 0 aromatic carbocycles. The molecule has 0 aliphatic heterocycles. The smallest absolute Gasteiger partial charge is 0.306 e. The Labute approximate surface area is 228 Å². The molecule has 0 radical (unpaired) electrons. The summed E-state index contributed by atoms with van der Waals surface area (Å²) in [6.45, 7) is 5.02. The number of carbonyl (C=O) groups excluding carboxylic acids is 1. The van der Waals surface area contributed by atoms with Gasteiger partial charge in [-0.3, -0.25) is 4.79 Å². The van der Waals surface area contributed by atoms with Crippen LogP contribution in [0.2, 0.25) is 0 Å². The van der Waals surface area contributed by atoms with Crippen LogP contribution in [0.1, 0.15) is 117 Å². The molecule has 0 aliphatic rings. The minimum absolute atomic E-state index is 0.200. The maximum atomic E-state index is 12.0. The van der Waals surface area contributed by atoms with Crippen molar-refractivity contribution in [2.45, 2.75) is 123 Å². The monoisotopic (exact) mass is 516 g/mol. The normalized spacial score (nSPS) is 13.3. The lowest BCUT2D eigenvalue weighted by molar-refractivity contribution is -0.154. The number of aliphatic hydroxyl groups is 1. The van der Waals surface area contributed by atoms with Crippen molar-refractivity contribution in [3.05, 3.63) is 60.8 Å². The van der Waals surface area contributed by atoms with Crippen molar-refractivity contribution in [3.63, 3.8) is 0 Å². The predicted molar refractivity (Wildman–Crippen MR) is 159 cm³/mol. The van der Waals surface area contributed by atoms with Crippen LogP contribution in [0.4, 0.5) is 0 Å². The van der Waals surface area contributed by atoms with Crippen molar-refractivity contribution >= 4 is 5.97 Å². The largest absolute Gasteiger partial charge is 0.457 e. The van der Waals surface area contributed by atoms with Gasteiger partial charge >= 0.3 is 5.97 Å². The SMILES string of the molecule is CC/C=C\C/C=C\C/C=C\C/C=C\CCCOCC(CO)OC(=O)CCCCCCC/C=C\CCCC. The first-order valence-corrected chi connectivity index (χ1v) is 14.9. The first-order valence-electron chi connectivity index (χ1n) is 14.9. The van der Waals surface area contributed by atoms with E-state index in [9.17, 15) is 9.90 Å². The molecule has 37 heavy (non-hydrogen) atoms. The maximum absolute atomic E-state index is 12.0. The summed E-state index contributed by atoms with van der Waals surface area (Å²) in [5.74, 6) is -0.235. The zero-order valence-electron chi connectivity index (χ0n) is 24.0. The van der Waals surface area contributed by atoms with E-state index in [0.29, 0.717) is 13.0 Å².